The minimum Gasteiger partial charge on any atom is -0.326 e. The Morgan fingerprint density at radius 3 is 2.52 bits per heavy atom. The van der Waals surface area contributed by atoms with Gasteiger partial charge in [0, 0.05) is 25.0 Å². The molecule has 5 nitrogen and oxygen atoms in total. The first-order chi connectivity index (χ1) is 11.5. The van der Waals surface area contributed by atoms with Crippen LogP contribution in [0.25, 0.3) is 0 Å². The monoisotopic (exact) mass is 377 g/mol. The van der Waals surface area contributed by atoms with Crippen molar-refractivity contribution in [2.24, 2.45) is 5.73 Å². The fourth-order valence-corrected chi connectivity index (χ4v) is 4.67. The molecule has 2 atom stereocenters. The molecule has 0 amide bonds. The van der Waals surface area contributed by atoms with E-state index in [-0.39, 0.29) is 30.1 Å². The van der Waals surface area contributed by atoms with Crippen molar-refractivity contribution in [2.45, 2.75) is 17.7 Å². The summed E-state index contributed by atoms with van der Waals surface area (Å²) >= 11 is 0. The number of nitrogens with zero attached hydrogens (tertiary/aromatic N) is 2. The summed E-state index contributed by atoms with van der Waals surface area (Å²) < 4.78 is 26.9. The zero-order chi connectivity index (χ0) is 17.2. The highest BCUT2D eigenvalue weighted by Gasteiger charge is 2.37. The van der Waals surface area contributed by atoms with Crippen molar-refractivity contribution in [1.82, 2.24) is 4.31 Å². The summed E-state index contributed by atoms with van der Waals surface area (Å²) in [6.07, 6.45) is 0. The lowest BCUT2D eigenvalue weighted by molar-refractivity contribution is 0.469. The van der Waals surface area contributed by atoms with E-state index in [1.165, 1.54) is 4.31 Å². The highest BCUT2D eigenvalue weighted by atomic mass is 35.5. The fraction of sp³-hybridized carbons (Fsp3) is 0.278. The van der Waals surface area contributed by atoms with Crippen molar-refractivity contribution >= 4 is 22.4 Å². The molecule has 2 N–H and O–H groups in total. The highest BCUT2D eigenvalue weighted by Crippen LogP contribution is 2.29. The molecule has 0 unspecified atom stereocenters. The minimum absolute atomic E-state index is 0. The summed E-state index contributed by atoms with van der Waals surface area (Å²) in [6.45, 7) is 0.714. The van der Waals surface area contributed by atoms with Gasteiger partial charge in [0.05, 0.1) is 17.4 Å². The van der Waals surface area contributed by atoms with E-state index in [0.717, 1.165) is 5.56 Å². The van der Waals surface area contributed by atoms with Gasteiger partial charge in [-0.3, -0.25) is 0 Å². The van der Waals surface area contributed by atoms with Gasteiger partial charge in [-0.15, -0.1) is 12.4 Å². The van der Waals surface area contributed by atoms with E-state index in [4.69, 9.17) is 11.0 Å². The SMILES string of the molecule is Cl.N#Cc1cccc(CS(=O)(=O)N2C[C@@H](N)[C@H](c3ccccc3)C2)c1. The molecular weight excluding hydrogens is 358 g/mol. The van der Waals surface area contributed by atoms with E-state index in [0.29, 0.717) is 24.2 Å². The van der Waals surface area contributed by atoms with Gasteiger partial charge in [0.2, 0.25) is 10.0 Å². The quantitative estimate of drug-likeness (QED) is 0.885. The summed E-state index contributed by atoms with van der Waals surface area (Å²) in [5.41, 5.74) is 8.33. The number of nitriles is 1. The lowest BCUT2D eigenvalue weighted by Crippen LogP contribution is -2.33. The van der Waals surface area contributed by atoms with E-state index in [2.05, 4.69) is 0 Å². The first-order valence-electron chi connectivity index (χ1n) is 7.77. The van der Waals surface area contributed by atoms with Crippen LogP contribution in [0.3, 0.4) is 0 Å². The van der Waals surface area contributed by atoms with Gasteiger partial charge >= 0.3 is 0 Å². The molecule has 132 valence electrons. The van der Waals surface area contributed by atoms with Gasteiger partial charge in [0.25, 0.3) is 0 Å². The molecule has 25 heavy (non-hydrogen) atoms. The van der Waals surface area contributed by atoms with Crippen molar-refractivity contribution < 1.29 is 8.42 Å². The average molecular weight is 378 g/mol. The van der Waals surface area contributed by atoms with Gasteiger partial charge in [0.15, 0.2) is 0 Å². The maximum absolute atomic E-state index is 12.7. The molecule has 0 bridgehead atoms. The Morgan fingerprint density at radius 2 is 1.84 bits per heavy atom. The molecule has 2 aromatic carbocycles. The van der Waals surface area contributed by atoms with Gasteiger partial charge in [-0.1, -0.05) is 42.5 Å². The van der Waals surface area contributed by atoms with E-state index in [1.807, 2.05) is 36.4 Å². The van der Waals surface area contributed by atoms with Crippen LogP contribution in [-0.2, 0) is 15.8 Å². The van der Waals surface area contributed by atoms with E-state index in [1.54, 1.807) is 24.3 Å². The smallest absolute Gasteiger partial charge is 0.218 e. The largest absolute Gasteiger partial charge is 0.326 e. The van der Waals surface area contributed by atoms with Crippen LogP contribution in [0, 0.1) is 11.3 Å². The zero-order valence-electron chi connectivity index (χ0n) is 13.6. The third kappa shape index (κ3) is 4.39. The Bertz CT molecular complexity index is 865. The first kappa shape index (κ1) is 19.4. The van der Waals surface area contributed by atoms with Crippen LogP contribution < -0.4 is 5.73 Å². The Hall–Kier alpha value is -1.91. The van der Waals surface area contributed by atoms with Gasteiger partial charge in [-0.25, -0.2) is 8.42 Å². The summed E-state index contributed by atoms with van der Waals surface area (Å²) in [7, 11) is -3.47. The maximum Gasteiger partial charge on any atom is 0.218 e. The predicted octanol–water partition coefficient (Wildman–Crippen LogP) is 2.24. The number of sulfonamides is 1. The highest BCUT2D eigenvalue weighted by molar-refractivity contribution is 7.88. The van der Waals surface area contributed by atoms with E-state index < -0.39 is 10.0 Å². The van der Waals surface area contributed by atoms with Crippen LogP contribution in [0.4, 0.5) is 0 Å². The topological polar surface area (TPSA) is 87.2 Å². The fourth-order valence-electron chi connectivity index (χ4n) is 3.10. The van der Waals surface area contributed by atoms with Gasteiger partial charge < -0.3 is 5.73 Å². The molecule has 7 heteroatoms. The van der Waals surface area contributed by atoms with Crippen molar-refractivity contribution in [3.05, 3.63) is 71.3 Å². The van der Waals surface area contributed by atoms with Crippen molar-refractivity contribution in [3.8, 4) is 6.07 Å². The molecule has 1 aliphatic rings. The molecule has 1 aliphatic heterocycles. The second-order valence-electron chi connectivity index (χ2n) is 6.07. The molecule has 1 saturated heterocycles. The number of hydrogen-bond donors (Lipinski definition) is 1. The Morgan fingerprint density at radius 1 is 1.12 bits per heavy atom. The molecular formula is C18H20ClN3O2S. The van der Waals surface area contributed by atoms with Gasteiger partial charge in [-0.05, 0) is 23.3 Å². The number of halogens is 1. The molecule has 0 aliphatic carbocycles. The van der Waals surface area contributed by atoms with Gasteiger partial charge in [0.1, 0.15) is 0 Å². The standard InChI is InChI=1S/C18H19N3O2S.ClH/c19-10-14-5-4-6-15(9-14)13-24(22,23)21-11-17(18(20)12-21)16-7-2-1-3-8-16;/h1-9,17-18H,11-13,20H2;1H/t17-,18+;/m0./s1. The maximum atomic E-state index is 12.7. The minimum atomic E-state index is -3.47. The van der Waals surface area contributed by atoms with Crippen LogP contribution in [0.2, 0.25) is 0 Å². The Labute approximate surface area is 154 Å². The van der Waals surface area contributed by atoms with Crippen LogP contribution in [0.1, 0.15) is 22.6 Å². The van der Waals surface area contributed by atoms with Crippen molar-refractivity contribution in [3.63, 3.8) is 0 Å². The molecule has 0 saturated carbocycles. The molecule has 0 aromatic heterocycles. The van der Waals surface area contributed by atoms with E-state index >= 15 is 0 Å². The predicted molar refractivity (Wildman–Crippen MR) is 99.8 cm³/mol. The van der Waals surface area contributed by atoms with Crippen LogP contribution in [0.5, 0.6) is 0 Å². The van der Waals surface area contributed by atoms with E-state index in [9.17, 15) is 8.42 Å². The van der Waals surface area contributed by atoms with Crippen LogP contribution >= 0.6 is 12.4 Å². The lowest BCUT2D eigenvalue weighted by atomic mass is 9.95. The number of nitrogens with two attached hydrogens (primary N) is 1. The zero-order valence-corrected chi connectivity index (χ0v) is 15.2. The molecule has 2 aromatic rings. The Balaban J connectivity index is 0.00000225. The third-order valence-corrected chi connectivity index (χ3v) is 6.14. The molecule has 0 spiro atoms. The average Bonchev–Trinajstić information content (AvgIpc) is 2.98. The molecule has 0 radical (unpaired) electrons. The van der Waals surface area contributed by atoms with Crippen LogP contribution in [-0.4, -0.2) is 31.9 Å². The normalized spacial score (nSPS) is 20.6. The number of hydrogen-bond acceptors (Lipinski definition) is 4. The third-order valence-electron chi connectivity index (χ3n) is 4.36. The second-order valence-corrected chi connectivity index (χ2v) is 8.04. The van der Waals surface area contributed by atoms with Crippen molar-refractivity contribution in [2.75, 3.05) is 13.1 Å². The summed E-state index contributed by atoms with van der Waals surface area (Å²) in [4.78, 5) is 0. The summed E-state index contributed by atoms with van der Waals surface area (Å²) in [5, 5.41) is 8.94. The lowest BCUT2D eigenvalue weighted by Gasteiger charge is -2.16. The number of rotatable bonds is 4. The molecule has 1 fully saturated rings. The van der Waals surface area contributed by atoms with Gasteiger partial charge in [-0.2, -0.15) is 9.57 Å². The first-order valence-corrected chi connectivity index (χ1v) is 9.38. The summed E-state index contributed by atoms with van der Waals surface area (Å²) in [6, 6.07) is 18.3. The second kappa shape index (κ2) is 7.98. The summed E-state index contributed by atoms with van der Waals surface area (Å²) in [5.74, 6) is -0.108. The molecule has 1 heterocycles. The van der Waals surface area contributed by atoms with Crippen LogP contribution in [0.15, 0.2) is 54.6 Å². The number of benzene rings is 2. The van der Waals surface area contributed by atoms with Crippen molar-refractivity contribution in [1.29, 1.82) is 5.26 Å². The molecule has 3 rings (SSSR count). The Kier molecular flexibility index (Phi) is 6.20.